The maximum absolute atomic E-state index is 12.8. The highest BCUT2D eigenvalue weighted by Gasteiger charge is 2.29. The Hall–Kier alpha value is -1.25. The van der Waals surface area contributed by atoms with Crippen molar-refractivity contribution in [2.24, 2.45) is 0 Å². The third-order valence-corrected chi connectivity index (χ3v) is 4.41. The average Bonchev–Trinajstić information content (AvgIpc) is 2.35. The molecule has 0 spiro atoms. The predicted molar refractivity (Wildman–Crippen MR) is 69.6 cm³/mol. The standard InChI is InChI=1S/C11H14BF4O3S/c1-2-20(17,18)7-3-6-19-11-5-4-9(13)8-10(11)12(14,15)16/h4-5,8H,2-3,6-7H2,1H3/q-1. The highest BCUT2D eigenvalue weighted by Crippen LogP contribution is 2.19. The summed E-state index contributed by atoms with van der Waals surface area (Å²) < 4.78 is 78.3. The van der Waals surface area contributed by atoms with E-state index >= 15 is 0 Å². The minimum atomic E-state index is -5.39. The molecule has 0 aliphatic rings. The van der Waals surface area contributed by atoms with Crippen molar-refractivity contribution in [1.29, 1.82) is 0 Å². The van der Waals surface area contributed by atoms with Gasteiger partial charge < -0.3 is 17.7 Å². The van der Waals surface area contributed by atoms with Crippen LogP contribution < -0.4 is 10.2 Å². The molecule has 0 saturated carbocycles. The van der Waals surface area contributed by atoms with E-state index in [-0.39, 0.29) is 24.5 Å². The van der Waals surface area contributed by atoms with Gasteiger partial charge in [-0.2, -0.15) is 0 Å². The molecule has 20 heavy (non-hydrogen) atoms. The molecule has 1 aromatic carbocycles. The molecule has 1 rings (SSSR count). The lowest BCUT2D eigenvalue weighted by molar-refractivity contribution is 0.318. The highest BCUT2D eigenvalue weighted by molar-refractivity contribution is 7.91. The second-order valence-electron chi connectivity index (χ2n) is 4.20. The van der Waals surface area contributed by atoms with Crippen molar-refractivity contribution in [3.8, 4) is 5.75 Å². The second-order valence-corrected chi connectivity index (χ2v) is 6.67. The van der Waals surface area contributed by atoms with E-state index in [0.29, 0.717) is 6.07 Å². The first-order chi connectivity index (χ1) is 9.15. The number of hydrogen-bond donors (Lipinski definition) is 0. The summed E-state index contributed by atoms with van der Waals surface area (Å²) >= 11 is 0. The van der Waals surface area contributed by atoms with Gasteiger partial charge in [-0.25, -0.2) is 12.8 Å². The van der Waals surface area contributed by atoms with Gasteiger partial charge in [0.1, 0.15) is 15.7 Å². The molecule has 0 amide bonds. The molecule has 114 valence electrons. The largest absolute Gasteiger partial charge is 0.513 e. The normalized spacial score (nSPS) is 12.4. The van der Waals surface area contributed by atoms with Crippen LogP contribution in [0.25, 0.3) is 0 Å². The fraction of sp³-hybridized carbons (Fsp3) is 0.455. The summed E-state index contributed by atoms with van der Waals surface area (Å²) in [5.41, 5.74) is -1.15. The van der Waals surface area contributed by atoms with Gasteiger partial charge in [0.15, 0.2) is 0 Å². The van der Waals surface area contributed by atoms with Gasteiger partial charge in [0.2, 0.25) is 0 Å². The predicted octanol–water partition coefficient (Wildman–Crippen LogP) is 2.08. The van der Waals surface area contributed by atoms with Crippen LogP contribution >= 0.6 is 0 Å². The summed E-state index contributed by atoms with van der Waals surface area (Å²) in [5, 5.41) is 0. The van der Waals surface area contributed by atoms with Crippen LogP contribution in [0.1, 0.15) is 13.3 Å². The van der Waals surface area contributed by atoms with E-state index in [1.807, 2.05) is 0 Å². The minimum Gasteiger partial charge on any atom is -0.497 e. The molecule has 0 aliphatic heterocycles. The van der Waals surface area contributed by atoms with Crippen molar-refractivity contribution in [3.63, 3.8) is 0 Å². The molecule has 0 unspecified atom stereocenters. The summed E-state index contributed by atoms with van der Waals surface area (Å²) in [7, 11) is -3.18. The van der Waals surface area contributed by atoms with E-state index in [4.69, 9.17) is 4.74 Å². The van der Waals surface area contributed by atoms with Gasteiger partial charge in [0.25, 0.3) is 0 Å². The summed E-state index contributed by atoms with van der Waals surface area (Å²) in [6, 6.07) is 2.13. The Balaban J connectivity index is 2.69. The Kier molecular flexibility index (Phi) is 5.44. The first-order valence-corrected chi connectivity index (χ1v) is 7.80. The van der Waals surface area contributed by atoms with E-state index in [9.17, 15) is 25.8 Å². The quantitative estimate of drug-likeness (QED) is 0.440. The molecular formula is C11H14BF4O3S-. The molecule has 0 heterocycles. The van der Waals surface area contributed by atoms with Crippen molar-refractivity contribution in [3.05, 3.63) is 24.0 Å². The summed E-state index contributed by atoms with van der Waals surface area (Å²) in [6.45, 7) is -4.08. The van der Waals surface area contributed by atoms with Crippen molar-refractivity contribution in [1.82, 2.24) is 0 Å². The lowest BCUT2D eigenvalue weighted by Crippen LogP contribution is -2.35. The van der Waals surface area contributed by atoms with Gasteiger partial charge in [-0.05, 0) is 24.6 Å². The molecule has 0 radical (unpaired) electrons. The number of hydrogen-bond acceptors (Lipinski definition) is 3. The van der Waals surface area contributed by atoms with E-state index < -0.39 is 33.8 Å². The van der Waals surface area contributed by atoms with Crippen LogP contribution in [0.5, 0.6) is 5.75 Å². The number of ether oxygens (including phenoxy) is 1. The fourth-order valence-electron chi connectivity index (χ4n) is 1.51. The molecule has 0 fully saturated rings. The topological polar surface area (TPSA) is 43.4 Å². The smallest absolute Gasteiger partial charge is 0.497 e. The Morgan fingerprint density at radius 1 is 1.25 bits per heavy atom. The fourth-order valence-corrected chi connectivity index (χ4v) is 2.36. The van der Waals surface area contributed by atoms with Gasteiger partial charge in [0, 0.05) is 5.75 Å². The van der Waals surface area contributed by atoms with Crippen LogP contribution in [0, 0.1) is 5.82 Å². The molecule has 9 heteroatoms. The van der Waals surface area contributed by atoms with E-state index in [1.54, 1.807) is 0 Å². The number of rotatable bonds is 7. The van der Waals surface area contributed by atoms with E-state index in [2.05, 4.69) is 0 Å². The van der Waals surface area contributed by atoms with Crippen LogP contribution in [0.2, 0.25) is 0 Å². The summed E-state index contributed by atoms with van der Waals surface area (Å²) in [5.74, 6) is -1.66. The summed E-state index contributed by atoms with van der Waals surface area (Å²) in [6.07, 6.45) is 0.0812. The van der Waals surface area contributed by atoms with Crippen molar-refractivity contribution >= 4 is 22.3 Å². The van der Waals surface area contributed by atoms with Crippen LogP contribution in [-0.2, 0) is 9.84 Å². The Morgan fingerprint density at radius 3 is 2.45 bits per heavy atom. The number of benzene rings is 1. The molecule has 0 atom stereocenters. The van der Waals surface area contributed by atoms with Gasteiger partial charge in [-0.3, -0.25) is 0 Å². The number of sulfone groups is 1. The maximum Gasteiger partial charge on any atom is 0.513 e. The summed E-state index contributed by atoms with van der Waals surface area (Å²) in [4.78, 5) is 0. The lowest BCUT2D eigenvalue weighted by atomic mass is 9.79. The van der Waals surface area contributed by atoms with Crippen LogP contribution in [0.15, 0.2) is 18.2 Å². The average molecular weight is 313 g/mol. The molecule has 0 N–H and O–H groups in total. The van der Waals surface area contributed by atoms with Crippen LogP contribution in [0.3, 0.4) is 0 Å². The van der Waals surface area contributed by atoms with Crippen LogP contribution in [-0.4, -0.2) is 33.5 Å². The lowest BCUT2D eigenvalue weighted by Gasteiger charge is -2.19. The molecule has 1 aromatic rings. The zero-order valence-electron chi connectivity index (χ0n) is 10.8. The molecule has 0 bridgehead atoms. The van der Waals surface area contributed by atoms with Crippen molar-refractivity contribution < 1.29 is 30.5 Å². The van der Waals surface area contributed by atoms with E-state index in [1.165, 1.54) is 6.92 Å². The zero-order valence-corrected chi connectivity index (χ0v) is 11.6. The first-order valence-electron chi connectivity index (χ1n) is 5.98. The monoisotopic (exact) mass is 313 g/mol. The second kappa shape index (κ2) is 6.47. The molecular weight excluding hydrogens is 299 g/mol. The highest BCUT2D eigenvalue weighted by atomic mass is 32.2. The van der Waals surface area contributed by atoms with Crippen LogP contribution in [0.4, 0.5) is 17.3 Å². The third-order valence-electron chi connectivity index (χ3n) is 2.62. The van der Waals surface area contributed by atoms with Gasteiger partial charge in [-0.1, -0.05) is 12.4 Å². The Morgan fingerprint density at radius 2 is 1.90 bits per heavy atom. The first kappa shape index (κ1) is 16.8. The Labute approximate surface area is 114 Å². The molecule has 0 saturated heterocycles. The molecule has 3 nitrogen and oxygen atoms in total. The molecule has 0 aromatic heterocycles. The Bertz CT molecular complexity index is 557. The third kappa shape index (κ3) is 5.03. The minimum absolute atomic E-state index is 0.0273. The zero-order chi connectivity index (χ0) is 15.4. The van der Waals surface area contributed by atoms with Crippen molar-refractivity contribution in [2.75, 3.05) is 18.1 Å². The van der Waals surface area contributed by atoms with Gasteiger partial charge >= 0.3 is 6.98 Å². The maximum atomic E-state index is 12.8. The van der Waals surface area contributed by atoms with Crippen molar-refractivity contribution in [2.45, 2.75) is 13.3 Å². The van der Waals surface area contributed by atoms with Gasteiger partial charge in [0.05, 0.1) is 18.1 Å². The molecule has 0 aliphatic carbocycles. The van der Waals surface area contributed by atoms with Gasteiger partial charge in [-0.15, -0.1) is 0 Å². The SMILES string of the molecule is CCS(=O)(=O)CCCOc1ccc(F)cc1[B-](F)(F)F. The van der Waals surface area contributed by atoms with E-state index in [0.717, 1.165) is 12.1 Å². The number of halogens is 4.